The van der Waals surface area contributed by atoms with Crippen LogP contribution in [0.25, 0.3) is 21.5 Å². The fraction of sp³-hybridized carbons (Fsp3) is 0.190. The van der Waals surface area contributed by atoms with E-state index >= 15 is 0 Å². The Kier molecular flexibility index (Phi) is 5.04. The number of hydrogen-bond acceptors (Lipinski definition) is 6. The molecular formula is C21H20N6O2S. The van der Waals surface area contributed by atoms with Gasteiger partial charge in [-0.2, -0.15) is 0 Å². The molecule has 0 radical (unpaired) electrons. The van der Waals surface area contributed by atoms with Crippen molar-refractivity contribution in [2.75, 3.05) is 41.8 Å². The smallest absolute Gasteiger partial charge is 0.325 e. The number of nitrogens with one attached hydrogen (secondary N) is 3. The van der Waals surface area contributed by atoms with Gasteiger partial charge in [-0.3, -0.25) is 5.32 Å². The van der Waals surface area contributed by atoms with Crippen molar-refractivity contribution in [3.8, 4) is 10.6 Å². The molecule has 9 heteroatoms. The predicted molar refractivity (Wildman–Crippen MR) is 119 cm³/mol. The van der Waals surface area contributed by atoms with Crippen molar-refractivity contribution in [2.45, 2.75) is 0 Å². The third-order valence-electron chi connectivity index (χ3n) is 4.95. The number of anilines is 3. The number of rotatable bonds is 4. The molecule has 4 aromatic rings. The van der Waals surface area contributed by atoms with Gasteiger partial charge < -0.3 is 19.9 Å². The molecule has 0 bridgehead atoms. The van der Waals surface area contributed by atoms with E-state index in [1.807, 2.05) is 42.6 Å². The van der Waals surface area contributed by atoms with Crippen LogP contribution in [-0.4, -0.2) is 47.5 Å². The van der Waals surface area contributed by atoms with Crippen LogP contribution in [-0.2, 0) is 4.74 Å². The van der Waals surface area contributed by atoms with Crippen molar-refractivity contribution >= 4 is 44.8 Å². The molecule has 2 aromatic carbocycles. The highest BCUT2D eigenvalue weighted by atomic mass is 32.1. The first-order valence-electron chi connectivity index (χ1n) is 9.66. The first-order chi connectivity index (χ1) is 14.7. The van der Waals surface area contributed by atoms with E-state index in [9.17, 15) is 4.79 Å². The number of carbonyl (C=O) groups excluding carboxylic acids is 1. The number of benzene rings is 2. The minimum atomic E-state index is -0.352. The number of aromatic nitrogens is 3. The Morgan fingerprint density at radius 2 is 1.87 bits per heavy atom. The normalized spacial score (nSPS) is 14.1. The summed E-state index contributed by atoms with van der Waals surface area (Å²) in [5.41, 5.74) is 3.87. The van der Waals surface area contributed by atoms with Gasteiger partial charge in [0.05, 0.1) is 13.2 Å². The molecule has 0 saturated carbocycles. The lowest BCUT2D eigenvalue weighted by molar-refractivity contribution is 0.122. The summed E-state index contributed by atoms with van der Waals surface area (Å²) in [6.07, 6.45) is 1.87. The molecule has 0 spiro atoms. The van der Waals surface area contributed by atoms with E-state index in [2.05, 4.69) is 42.8 Å². The first-order valence-corrected chi connectivity index (χ1v) is 10.5. The number of urea groups is 1. The topological polar surface area (TPSA) is 95.2 Å². The van der Waals surface area contributed by atoms with E-state index in [-0.39, 0.29) is 6.03 Å². The van der Waals surface area contributed by atoms with E-state index in [4.69, 9.17) is 4.74 Å². The van der Waals surface area contributed by atoms with E-state index in [0.29, 0.717) is 10.8 Å². The Morgan fingerprint density at radius 1 is 1.03 bits per heavy atom. The monoisotopic (exact) mass is 420 g/mol. The van der Waals surface area contributed by atoms with Crippen LogP contribution in [0.15, 0.2) is 54.7 Å². The molecular weight excluding hydrogens is 400 g/mol. The highest BCUT2D eigenvalue weighted by molar-refractivity contribution is 7.18. The molecule has 5 rings (SSSR count). The van der Waals surface area contributed by atoms with Crippen molar-refractivity contribution in [3.05, 3.63) is 54.7 Å². The Hall–Kier alpha value is -3.43. The summed E-state index contributed by atoms with van der Waals surface area (Å²) in [7, 11) is 0. The van der Waals surface area contributed by atoms with Crippen LogP contribution in [0, 0.1) is 0 Å². The molecule has 3 N–H and O–H groups in total. The zero-order valence-corrected chi connectivity index (χ0v) is 16.9. The fourth-order valence-corrected chi connectivity index (χ4v) is 4.16. The van der Waals surface area contributed by atoms with E-state index in [0.717, 1.165) is 47.8 Å². The second-order valence-electron chi connectivity index (χ2n) is 6.92. The molecule has 1 aliphatic heterocycles. The lowest BCUT2D eigenvalue weighted by Gasteiger charge is -2.28. The van der Waals surface area contributed by atoms with Gasteiger partial charge in [0.1, 0.15) is 5.01 Å². The Balaban J connectivity index is 1.23. The summed E-state index contributed by atoms with van der Waals surface area (Å²) >= 11 is 1.34. The van der Waals surface area contributed by atoms with Gasteiger partial charge in [-0.25, -0.2) is 4.79 Å². The van der Waals surface area contributed by atoms with Crippen molar-refractivity contribution in [2.24, 2.45) is 0 Å². The van der Waals surface area contributed by atoms with Gasteiger partial charge >= 0.3 is 6.03 Å². The second-order valence-corrected chi connectivity index (χ2v) is 7.90. The van der Waals surface area contributed by atoms with Gasteiger partial charge in [0.15, 0.2) is 0 Å². The van der Waals surface area contributed by atoms with E-state index < -0.39 is 0 Å². The van der Waals surface area contributed by atoms with Gasteiger partial charge in [-0.15, -0.1) is 10.2 Å². The molecule has 0 unspecified atom stereocenters. The third kappa shape index (κ3) is 3.98. The van der Waals surface area contributed by atoms with Crippen LogP contribution in [0.5, 0.6) is 0 Å². The fourth-order valence-electron chi connectivity index (χ4n) is 3.42. The number of amides is 2. The molecule has 1 aliphatic rings. The lowest BCUT2D eigenvalue weighted by Crippen LogP contribution is -2.36. The van der Waals surface area contributed by atoms with Crippen molar-refractivity contribution in [1.82, 2.24) is 15.2 Å². The van der Waals surface area contributed by atoms with E-state index in [1.165, 1.54) is 17.0 Å². The Morgan fingerprint density at radius 3 is 2.70 bits per heavy atom. The number of carbonyl (C=O) groups is 1. The van der Waals surface area contributed by atoms with Crippen LogP contribution in [0.1, 0.15) is 0 Å². The van der Waals surface area contributed by atoms with Gasteiger partial charge in [0.2, 0.25) is 5.13 Å². The molecule has 1 saturated heterocycles. The van der Waals surface area contributed by atoms with Crippen LogP contribution in [0.4, 0.5) is 21.3 Å². The predicted octanol–water partition coefficient (Wildman–Crippen LogP) is 4.17. The second kappa shape index (κ2) is 8.13. The van der Waals surface area contributed by atoms with Crippen molar-refractivity contribution in [1.29, 1.82) is 0 Å². The quantitative estimate of drug-likeness (QED) is 0.461. The molecule has 8 nitrogen and oxygen atoms in total. The summed E-state index contributed by atoms with van der Waals surface area (Å²) in [4.78, 5) is 17.7. The minimum absolute atomic E-state index is 0.352. The van der Waals surface area contributed by atoms with E-state index in [1.54, 1.807) is 0 Å². The zero-order chi connectivity index (χ0) is 20.3. The summed E-state index contributed by atoms with van der Waals surface area (Å²) in [6.45, 7) is 3.32. The zero-order valence-electron chi connectivity index (χ0n) is 16.1. The molecule has 3 heterocycles. The van der Waals surface area contributed by atoms with Crippen LogP contribution >= 0.6 is 11.3 Å². The van der Waals surface area contributed by atoms with Crippen molar-refractivity contribution in [3.63, 3.8) is 0 Å². The average Bonchev–Trinajstić information content (AvgIpc) is 3.43. The maximum atomic E-state index is 12.3. The average molecular weight is 420 g/mol. The number of H-pyrrole nitrogens is 1. The molecule has 152 valence electrons. The highest BCUT2D eigenvalue weighted by Crippen LogP contribution is 2.28. The van der Waals surface area contributed by atoms with Gasteiger partial charge in [-0.05, 0) is 48.5 Å². The molecule has 2 amide bonds. The van der Waals surface area contributed by atoms with Crippen LogP contribution in [0.2, 0.25) is 0 Å². The molecule has 0 aliphatic carbocycles. The highest BCUT2D eigenvalue weighted by Gasteiger charge is 2.13. The SMILES string of the molecule is O=C(Nc1ccc2[nH]ccc2c1)Nc1nnc(-c2ccc(N3CCOCC3)cc2)s1. The van der Waals surface area contributed by atoms with Gasteiger partial charge in [0.25, 0.3) is 0 Å². The minimum Gasteiger partial charge on any atom is -0.378 e. The van der Waals surface area contributed by atoms with Crippen LogP contribution < -0.4 is 15.5 Å². The summed E-state index contributed by atoms with van der Waals surface area (Å²) in [5, 5.41) is 16.1. The summed E-state index contributed by atoms with van der Waals surface area (Å²) in [5.74, 6) is 0. The number of aromatic amines is 1. The Bertz CT molecular complexity index is 1160. The largest absolute Gasteiger partial charge is 0.378 e. The maximum absolute atomic E-state index is 12.3. The number of morpholine rings is 1. The maximum Gasteiger partial charge on any atom is 0.325 e. The van der Waals surface area contributed by atoms with Gasteiger partial charge in [0, 0.05) is 47.1 Å². The number of hydrogen-bond donors (Lipinski definition) is 3. The standard InChI is InChI=1S/C21H20N6O2S/c28-20(23-16-3-6-18-15(13-16)7-8-22-18)24-21-26-25-19(30-21)14-1-4-17(5-2-14)27-9-11-29-12-10-27/h1-8,13,22H,9-12H2,(H2,23,24,26,28). The third-order valence-corrected chi connectivity index (χ3v) is 5.83. The Labute approximate surface area is 176 Å². The van der Waals surface area contributed by atoms with Crippen molar-refractivity contribution < 1.29 is 9.53 Å². The van der Waals surface area contributed by atoms with Crippen LogP contribution in [0.3, 0.4) is 0 Å². The summed E-state index contributed by atoms with van der Waals surface area (Å²) in [6, 6.07) is 15.5. The number of ether oxygens (including phenoxy) is 1. The van der Waals surface area contributed by atoms with Gasteiger partial charge in [-0.1, -0.05) is 11.3 Å². The molecule has 2 aromatic heterocycles. The molecule has 1 fully saturated rings. The molecule has 0 atom stereocenters. The lowest BCUT2D eigenvalue weighted by atomic mass is 10.2. The molecule has 30 heavy (non-hydrogen) atoms. The number of fused-ring (bicyclic) bond motifs is 1. The summed E-state index contributed by atoms with van der Waals surface area (Å²) < 4.78 is 5.40. The number of nitrogens with zero attached hydrogens (tertiary/aromatic N) is 3. The first kappa shape index (κ1) is 18.6.